The summed E-state index contributed by atoms with van der Waals surface area (Å²) in [5.74, 6) is 6.14. The maximum Gasteiger partial charge on any atom is 0.108 e. The van der Waals surface area contributed by atoms with E-state index in [0.29, 0.717) is 18.8 Å². The minimum absolute atomic E-state index is 0.309. The van der Waals surface area contributed by atoms with Crippen LogP contribution in [0.4, 0.5) is 0 Å². The molecular weight excluding hydrogens is 210 g/mol. The zero-order valence-electron chi connectivity index (χ0n) is 10.1. The molecule has 17 heavy (non-hydrogen) atoms. The Labute approximate surface area is 103 Å². The molecule has 2 nitrogen and oxygen atoms in total. The second-order valence-corrected chi connectivity index (χ2v) is 4.53. The Morgan fingerprint density at radius 2 is 2.06 bits per heavy atom. The highest BCUT2D eigenvalue weighted by molar-refractivity contribution is 5.33. The molecule has 1 aliphatic carbocycles. The zero-order valence-corrected chi connectivity index (χ0v) is 10.1. The predicted octanol–water partition coefficient (Wildman–Crippen LogP) is 2.32. The highest BCUT2D eigenvalue weighted by Crippen LogP contribution is 2.19. The van der Waals surface area contributed by atoms with Gasteiger partial charge in [0.1, 0.15) is 6.61 Å². The number of rotatable bonds is 2. The van der Waals surface area contributed by atoms with Crippen molar-refractivity contribution in [2.24, 2.45) is 5.73 Å². The van der Waals surface area contributed by atoms with Crippen molar-refractivity contribution in [2.75, 3.05) is 6.61 Å². The summed E-state index contributed by atoms with van der Waals surface area (Å²) in [5, 5.41) is 0. The molecule has 0 bridgehead atoms. The van der Waals surface area contributed by atoms with Crippen LogP contribution in [0, 0.1) is 11.8 Å². The van der Waals surface area contributed by atoms with Crippen molar-refractivity contribution in [3.8, 4) is 11.8 Å². The average Bonchev–Trinajstić information content (AvgIpc) is 2.36. The second kappa shape index (κ2) is 6.44. The van der Waals surface area contributed by atoms with Gasteiger partial charge < -0.3 is 10.5 Å². The third-order valence-electron chi connectivity index (χ3n) is 3.06. The predicted molar refractivity (Wildman–Crippen MR) is 69.5 cm³/mol. The number of nitrogens with two attached hydrogens (primary N) is 1. The van der Waals surface area contributed by atoms with Gasteiger partial charge in [-0.2, -0.15) is 0 Å². The largest absolute Gasteiger partial charge is 0.365 e. The van der Waals surface area contributed by atoms with Crippen LogP contribution in [0.5, 0.6) is 0 Å². The van der Waals surface area contributed by atoms with Gasteiger partial charge in [0, 0.05) is 11.6 Å². The maximum atomic E-state index is 5.90. The van der Waals surface area contributed by atoms with Gasteiger partial charge in [-0.15, -0.1) is 0 Å². The monoisotopic (exact) mass is 229 g/mol. The molecule has 2 atom stereocenters. The van der Waals surface area contributed by atoms with Gasteiger partial charge in [-0.05, 0) is 37.8 Å². The van der Waals surface area contributed by atoms with Crippen LogP contribution in [0.1, 0.15) is 31.2 Å². The van der Waals surface area contributed by atoms with E-state index >= 15 is 0 Å². The summed E-state index contributed by atoms with van der Waals surface area (Å²) in [6, 6.07) is 10.3. The Hall–Kier alpha value is -1.30. The second-order valence-electron chi connectivity index (χ2n) is 4.53. The first-order chi connectivity index (χ1) is 8.34. The molecular formula is C15H19NO. The number of hydrogen-bond acceptors (Lipinski definition) is 2. The van der Waals surface area contributed by atoms with Crippen molar-refractivity contribution in [1.82, 2.24) is 0 Å². The van der Waals surface area contributed by atoms with E-state index in [-0.39, 0.29) is 0 Å². The first-order valence-corrected chi connectivity index (χ1v) is 6.25. The van der Waals surface area contributed by atoms with Crippen molar-refractivity contribution >= 4 is 0 Å². The molecule has 0 amide bonds. The van der Waals surface area contributed by atoms with Crippen molar-refractivity contribution in [3.63, 3.8) is 0 Å². The molecule has 1 aromatic carbocycles. The molecule has 1 aliphatic rings. The Balaban J connectivity index is 1.74. The van der Waals surface area contributed by atoms with E-state index in [4.69, 9.17) is 10.5 Å². The fraction of sp³-hybridized carbons (Fsp3) is 0.467. The fourth-order valence-corrected chi connectivity index (χ4v) is 2.15. The topological polar surface area (TPSA) is 35.2 Å². The Kier molecular flexibility index (Phi) is 4.61. The standard InChI is InChI=1S/C15H19NO/c16-14-9-4-10-15(12-14)17-11-5-8-13-6-2-1-3-7-13/h1-3,6-7,14-15H,4,9-12,16H2. The summed E-state index contributed by atoms with van der Waals surface area (Å²) in [4.78, 5) is 0. The van der Waals surface area contributed by atoms with Crippen molar-refractivity contribution in [1.29, 1.82) is 0 Å². The lowest BCUT2D eigenvalue weighted by molar-refractivity contribution is 0.0440. The normalized spacial score (nSPS) is 23.8. The molecule has 2 rings (SSSR count). The zero-order chi connectivity index (χ0) is 11.9. The molecule has 2 unspecified atom stereocenters. The van der Waals surface area contributed by atoms with E-state index in [1.54, 1.807) is 0 Å². The van der Waals surface area contributed by atoms with Crippen LogP contribution in [-0.4, -0.2) is 18.8 Å². The van der Waals surface area contributed by atoms with Gasteiger partial charge in [-0.3, -0.25) is 0 Å². The lowest BCUT2D eigenvalue weighted by atomic mass is 9.94. The Bertz CT molecular complexity index is 390. The lowest BCUT2D eigenvalue weighted by Gasteiger charge is -2.25. The minimum Gasteiger partial charge on any atom is -0.365 e. The Morgan fingerprint density at radius 1 is 1.24 bits per heavy atom. The van der Waals surface area contributed by atoms with Gasteiger partial charge in [0.2, 0.25) is 0 Å². The summed E-state index contributed by atoms with van der Waals surface area (Å²) in [5.41, 5.74) is 6.94. The lowest BCUT2D eigenvalue weighted by Crippen LogP contribution is -2.32. The number of hydrogen-bond donors (Lipinski definition) is 1. The third kappa shape index (κ3) is 4.22. The van der Waals surface area contributed by atoms with E-state index in [0.717, 1.165) is 24.8 Å². The van der Waals surface area contributed by atoms with Crippen LogP contribution in [0.25, 0.3) is 0 Å². The highest BCUT2D eigenvalue weighted by Gasteiger charge is 2.18. The average molecular weight is 229 g/mol. The van der Waals surface area contributed by atoms with Crippen LogP contribution in [0.2, 0.25) is 0 Å². The summed E-state index contributed by atoms with van der Waals surface area (Å²) >= 11 is 0. The molecule has 1 saturated carbocycles. The first kappa shape index (κ1) is 12.2. The summed E-state index contributed by atoms with van der Waals surface area (Å²) < 4.78 is 5.72. The van der Waals surface area contributed by atoms with Gasteiger partial charge >= 0.3 is 0 Å². The molecule has 0 aromatic heterocycles. The molecule has 1 aromatic rings. The van der Waals surface area contributed by atoms with Gasteiger partial charge in [-0.25, -0.2) is 0 Å². The number of benzene rings is 1. The smallest absolute Gasteiger partial charge is 0.108 e. The molecule has 2 N–H and O–H groups in total. The molecule has 0 aliphatic heterocycles. The van der Waals surface area contributed by atoms with Crippen LogP contribution in [0.3, 0.4) is 0 Å². The summed E-state index contributed by atoms with van der Waals surface area (Å²) in [6.45, 7) is 0.506. The van der Waals surface area contributed by atoms with E-state index < -0.39 is 0 Å². The molecule has 0 heterocycles. The molecule has 2 heteroatoms. The highest BCUT2D eigenvalue weighted by atomic mass is 16.5. The molecule has 0 radical (unpaired) electrons. The van der Waals surface area contributed by atoms with Gasteiger partial charge in [-0.1, -0.05) is 30.0 Å². The van der Waals surface area contributed by atoms with E-state index in [1.807, 2.05) is 30.3 Å². The quantitative estimate of drug-likeness (QED) is 0.790. The van der Waals surface area contributed by atoms with E-state index in [1.165, 1.54) is 6.42 Å². The Morgan fingerprint density at radius 3 is 2.82 bits per heavy atom. The molecule has 1 fully saturated rings. The molecule has 0 spiro atoms. The van der Waals surface area contributed by atoms with E-state index in [9.17, 15) is 0 Å². The van der Waals surface area contributed by atoms with Crippen LogP contribution in [-0.2, 0) is 4.74 Å². The molecule has 0 saturated heterocycles. The van der Waals surface area contributed by atoms with Crippen molar-refractivity contribution in [2.45, 2.75) is 37.8 Å². The first-order valence-electron chi connectivity index (χ1n) is 6.25. The van der Waals surface area contributed by atoms with Crippen molar-refractivity contribution in [3.05, 3.63) is 35.9 Å². The maximum absolute atomic E-state index is 5.90. The van der Waals surface area contributed by atoms with Crippen molar-refractivity contribution < 1.29 is 4.74 Å². The third-order valence-corrected chi connectivity index (χ3v) is 3.06. The van der Waals surface area contributed by atoms with Gasteiger partial charge in [0.15, 0.2) is 0 Å². The van der Waals surface area contributed by atoms with Gasteiger partial charge in [0.05, 0.1) is 6.10 Å². The summed E-state index contributed by atoms with van der Waals surface area (Å²) in [6.07, 6.45) is 4.73. The number of ether oxygens (including phenoxy) is 1. The summed E-state index contributed by atoms with van der Waals surface area (Å²) in [7, 11) is 0. The van der Waals surface area contributed by atoms with Crippen LogP contribution in [0.15, 0.2) is 30.3 Å². The van der Waals surface area contributed by atoms with Crippen LogP contribution < -0.4 is 5.73 Å². The van der Waals surface area contributed by atoms with E-state index in [2.05, 4.69) is 11.8 Å². The van der Waals surface area contributed by atoms with Crippen LogP contribution >= 0.6 is 0 Å². The minimum atomic E-state index is 0.309. The molecule has 90 valence electrons. The fourth-order valence-electron chi connectivity index (χ4n) is 2.15. The SMILES string of the molecule is NC1CCCC(OCC#Cc2ccccc2)C1. The van der Waals surface area contributed by atoms with Gasteiger partial charge in [0.25, 0.3) is 0 Å².